The predicted octanol–water partition coefficient (Wildman–Crippen LogP) is 3.28. The Labute approximate surface area is 93.0 Å². The summed E-state index contributed by atoms with van der Waals surface area (Å²) in [5.41, 5.74) is -0.270. The molecule has 0 aliphatic carbocycles. The average Bonchev–Trinajstić information content (AvgIpc) is 2.05. The molecule has 0 aromatic rings. The van der Waals surface area contributed by atoms with Crippen LogP contribution in [0.3, 0.4) is 0 Å². The summed E-state index contributed by atoms with van der Waals surface area (Å²) in [6, 6.07) is 0. The van der Waals surface area contributed by atoms with Gasteiger partial charge in [0.15, 0.2) is 5.79 Å². The van der Waals surface area contributed by atoms with Gasteiger partial charge in [0.1, 0.15) is 5.60 Å². The van der Waals surface area contributed by atoms with Crippen molar-refractivity contribution in [1.29, 1.82) is 0 Å². The second kappa shape index (κ2) is 4.40. The number of rotatable bonds is 2. The Balaban J connectivity index is 2.68. The monoisotopic (exact) mass is 216 g/mol. The molecule has 2 unspecified atom stereocenters. The average molecular weight is 216 g/mol. The molecular formula is C12H24O3. The van der Waals surface area contributed by atoms with Crippen molar-refractivity contribution < 1.29 is 14.5 Å². The van der Waals surface area contributed by atoms with Crippen LogP contribution in [0.5, 0.6) is 0 Å². The molecule has 0 N–H and O–H groups in total. The predicted molar refractivity (Wildman–Crippen MR) is 59.3 cm³/mol. The first-order valence-corrected chi connectivity index (χ1v) is 5.77. The molecule has 0 radical (unpaired) electrons. The minimum Gasteiger partial charge on any atom is -0.344 e. The van der Waals surface area contributed by atoms with Crippen molar-refractivity contribution in [3.05, 3.63) is 0 Å². The third-order valence-corrected chi connectivity index (χ3v) is 2.45. The highest BCUT2D eigenvalue weighted by molar-refractivity contribution is 4.76. The maximum atomic E-state index is 5.90. The summed E-state index contributed by atoms with van der Waals surface area (Å²) in [5.74, 6) is -0.0894. The van der Waals surface area contributed by atoms with Crippen LogP contribution in [0.4, 0.5) is 0 Å². The van der Waals surface area contributed by atoms with Crippen LogP contribution < -0.4 is 0 Å². The van der Waals surface area contributed by atoms with Crippen LogP contribution in [-0.4, -0.2) is 17.5 Å². The topological polar surface area (TPSA) is 27.7 Å². The molecule has 1 heterocycles. The van der Waals surface area contributed by atoms with E-state index in [1.54, 1.807) is 0 Å². The minimum atomic E-state index is -0.610. The third-order valence-electron chi connectivity index (χ3n) is 2.45. The first-order valence-electron chi connectivity index (χ1n) is 5.77. The van der Waals surface area contributed by atoms with Gasteiger partial charge in [0, 0.05) is 12.8 Å². The van der Waals surface area contributed by atoms with E-state index in [9.17, 15) is 0 Å². The van der Waals surface area contributed by atoms with Crippen LogP contribution in [0.1, 0.15) is 54.4 Å². The molecule has 1 fully saturated rings. The van der Waals surface area contributed by atoms with E-state index in [1.807, 2.05) is 20.8 Å². The molecule has 3 nitrogen and oxygen atoms in total. The van der Waals surface area contributed by atoms with Crippen LogP contribution in [-0.2, 0) is 14.5 Å². The number of hydrogen-bond donors (Lipinski definition) is 0. The van der Waals surface area contributed by atoms with Gasteiger partial charge in [0.2, 0.25) is 0 Å². The van der Waals surface area contributed by atoms with Gasteiger partial charge in [-0.25, -0.2) is 9.78 Å². The SMILES string of the molecule is CC(C)CC1(C)OOC(C)(C)CC(C)O1. The third kappa shape index (κ3) is 4.09. The van der Waals surface area contributed by atoms with Gasteiger partial charge in [0.25, 0.3) is 0 Å². The normalized spacial score (nSPS) is 36.6. The van der Waals surface area contributed by atoms with Gasteiger partial charge < -0.3 is 4.74 Å². The van der Waals surface area contributed by atoms with Crippen LogP contribution in [0, 0.1) is 5.92 Å². The standard InChI is InChI=1S/C12H24O3/c1-9(2)7-12(6)13-10(3)8-11(4,5)14-15-12/h9-10H,7-8H2,1-6H3. The van der Waals surface area contributed by atoms with Crippen molar-refractivity contribution in [3.63, 3.8) is 0 Å². The zero-order valence-corrected chi connectivity index (χ0v) is 10.8. The summed E-state index contributed by atoms with van der Waals surface area (Å²) in [6.45, 7) is 12.4. The molecule has 1 aliphatic heterocycles. The lowest BCUT2D eigenvalue weighted by molar-refractivity contribution is -0.444. The van der Waals surface area contributed by atoms with Crippen molar-refractivity contribution in [2.75, 3.05) is 0 Å². The fourth-order valence-corrected chi connectivity index (χ4v) is 2.24. The zero-order valence-electron chi connectivity index (χ0n) is 10.8. The molecular weight excluding hydrogens is 192 g/mol. The first-order chi connectivity index (χ1) is 6.72. The molecule has 0 aromatic heterocycles. The summed E-state index contributed by atoms with van der Waals surface area (Å²) in [4.78, 5) is 10.9. The van der Waals surface area contributed by atoms with Gasteiger partial charge in [-0.3, -0.25) is 0 Å². The molecule has 0 saturated carbocycles. The minimum absolute atomic E-state index is 0.159. The van der Waals surface area contributed by atoms with E-state index in [4.69, 9.17) is 14.5 Å². The fourth-order valence-electron chi connectivity index (χ4n) is 2.24. The molecule has 0 aromatic carbocycles. The Hall–Kier alpha value is -0.120. The maximum Gasteiger partial charge on any atom is 0.199 e. The van der Waals surface area contributed by atoms with E-state index in [-0.39, 0.29) is 11.7 Å². The first kappa shape index (κ1) is 12.9. The molecule has 0 bridgehead atoms. The van der Waals surface area contributed by atoms with E-state index in [0.29, 0.717) is 5.92 Å². The smallest absolute Gasteiger partial charge is 0.199 e. The van der Waals surface area contributed by atoms with Crippen LogP contribution in [0.15, 0.2) is 0 Å². The molecule has 1 saturated heterocycles. The van der Waals surface area contributed by atoms with Crippen molar-refractivity contribution in [3.8, 4) is 0 Å². The summed E-state index contributed by atoms with van der Waals surface area (Å²) >= 11 is 0. The molecule has 90 valence electrons. The van der Waals surface area contributed by atoms with Crippen LogP contribution in [0.2, 0.25) is 0 Å². The van der Waals surface area contributed by atoms with Crippen molar-refractivity contribution in [2.45, 2.75) is 71.9 Å². The zero-order chi connectivity index (χ0) is 11.7. The lowest BCUT2D eigenvalue weighted by Crippen LogP contribution is -2.35. The van der Waals surface area contributed by atoms with E-state index < -0.39 is 5.79 Å². The summed E-state index contributed by atoms with van der Waals surface area (Å²) in [6.07, 6.45) is 1.85. The van der Waals surface area contributed by atoms with Crippen molar-refractivity contribution in [2.24, 2.45) is 5.92 Å². The van der Waals surface area contributed by atoms with Gasteiger partial charge >= 0.3 is 0 Å². The van der Waals surface area contributed by atoms with Gasteiger partial charge in [-0.05, 0) is 33.6 Å². The Morgan fingerprint density at radius 1 is 1.20 bits per heavy atom. The maximum absolute atomic E-state index is 5.90. The highest BCUT2D eigenvalue weighted by Crippen LogP contribution is 2.33. The fraction of sp³-hybridized carbons (Fsp3) is 1.00. The van der Waals surface area contributed by atoms with E-state index >= 15 is 0 Å². The Morgan fingerprint density at radius 3 is 2.33 bits per heavy atom. The highest BCUT2D eigenvalue weighted by atomic mass is 17.2. The molecule has 15 heavy (non-hydrogen) atoms. The van der Waals surface area contributed by atoms with Crippen LogP contribution in [0.25, 0.3) is 0 Å². The van der Waals surface area contributed by atoms with Crippen LogP contribution >= 0.6 is 0 Å². The molecule has 1 aliphatic rings. The summed E-state index contributed by atoms with van der Waals surface area (Å²) in [7, 11) is 0. The van der Waals surface area contributed by atoms with Gasteiger partial charge in [-0.2, -0.15) is 0 Å². The molecule has 2 atom stereocenters. The highest BCUT2D eigenvalue weighted by Gasteiger charge is 2.39. The molecule has 0 amide bonds. The lowest BCUT2D eigenvalue weighted by Gasteiger charge is -2.30. The second-order valence-electron chi connectivity index (χ2n) is 5.79. The molecule has 3 heteroatoms. The second-order valence-corrected chi connectivity index (χ2v) is 5.79. The quantitative estimate of drug-likeness (QED) is 0.663. The Bertz CT molecular complexity index is 213. The number of hydrogen-bond acceptors (Lipinski definition) is 3. The van der Waals surface area contributed by atoms with E-state index in [1.165, 1.54) is 0 Å². The molecule has 0 spiro atoms. The van der Waals surface area contributed by atoms with E-state index in [2.05, 4.69) is 20.8 Å². The summed E-state index contributed by atoms with van der Waals surface area (Å²) < 4.78 is 5.90. The largest absolute Gasteiger partial charge is 0.344 e. The van der Waals surface area contributed by atoms with Crippen molar-refractivity contribution in [1.82, 2.24) is 0 Å². The molecule has 1 rings (SSSR count). The van der Waals surface area contributed by atoms with Gasteiger partial charge in [0.05, 0.1) is 6.10 Å². The van der Waals surface area contributed by atoms with Gasteiger partial charge in [-0.1, -0.05) is 13.8 Å². The van der Waals surface area contributed by atoms with E-state index in [0.717, 1.165) is 12.8 Å². The number of ether oxygens (including phenoxy) is 1. The Morgan fingerprint density at radius 2 is 1.80 bits per heavy atom. The van der Waals surface area contributed by atoms with Gasteiger partial charge in [-0.15, -0.1) is 0 Å². The lowest BCUT2D eigenvalue weighted by atomic mass is 10.0. The Kier molecular flexibility index (Phi) is 3.80. The van der Waals surface area contributed by atoms with Crippen molar-refractivity contribution >= 4 is 0 Å². The summed E-state index contributed by atoms with van der Waals surface area (Å²) in [5, 5.41) is 0.